The van der Waals surface area contributed by atoms with Gasteiger partial charge in [0.15, 0.2) is 0 Å². The van der Waals surface area contributed by atoms with Crippen molar-refractivity contribution in [3.63, 3.8) is 0 Å². The van der Waals surface area contributed by atoms with Crippen LogP contribution in [0.4, 0.5) is 0 Å². The summed E-state index contributed by atoms with van der Waals surface area (Å²) in [5.41, 5.74) is 2.69. The predicted octanol–water partition coefficient (Wildman–Crippen LogP) is 4.21. The van der Waals surface area contributed by atoms with E-state index in [9.17, 15) is 0 Å². The maximum atomic E-state index is 5.43. The summed E-state index contributed by atoms with van der Waals surface area (Å²) in [6.45, 7) is 0. The maximum absolute atomic E-state index is 5.43. The van der Waals surface area contributed by atoms with Crippen LogP contribution in [0.5, 0.6) is 11.5 Å². The highest BCUT2D eigenvalue weighted by atomic mass is 16.5. The number of ether oxygens (including phenoxy) is 2. The second-order valence-corrected chi connectivity index (χ2v) is 5.66. The molecule has 0 aliphatic heterocycles. The van der Waals surface area contributed by atoms with E-state index < -0.39 is 0 Å². The standard InChI is InChI=1S/C20H17N3O3/c1-24-17-11-15(12-18(13-17)25-2)20-21-19(22-26-20)14-5-7-16(8-6-14)23-9-3-4-10-23/h3-13H,1-2H3. The van der Waals surface area contributed by atoms with Crippen molar-refractivity contribution in [1.29, 1.82) is 0 Å². The molecule has 0 amide bonds. The van der Waals surface area contributed by atoms with Crippen LogP contribution in [0.1, 0.15) is 0 Å². The van der Waals surface area contributed by atoms with Gasteiger partial charge in [0.25, 0.3) is 5.89 Å². The van der Waals surface area contributed by atoms with Crippen molar-refractivity contribution in [1.82, 2.24) is 14.7 Å². The Morgan fingerprint density at radius 3 is 2.12 bits per heavy atom. The van der Waals surface area contributed by atoms with Gasteiger partial charge in [0.1, 0.15) is 11.5 Å². The van der Waals surface area contributed by atoms with Gasteiger partial charge in [-0.2, -0.15) is 4.98 Å². The minimum atomic E-state index is 0.409. The molecule has 2 heterocycles. The Labute approximate surface area is 150 Å². The molecule has 2 aromatic heterocycles. The van der Waals surface area contributed by atoms with Crippen LogP contribution in [0.15, 0.2) is 71.5 Å². The summed E-state index contributed by atoms with van der Waals surface area (Å²) in [6, 6.07) is 17.4. The summed E-state index contributed by atoms with van der Waals surface area (Å²) in [6.07, 6.45) is 4.00. The van der Waals surface area contributed by atoms with E-state index in [0.29, 0.717) is 23.2 Å². The zero-order valence-corrected chi connectivity index (χ0v) is 14.4. The Morgan fingerprint density at radius 2 is 1.50 bits per heavy atom. The monoisotopic (exact) mass is 347 g/mol. The van der Waals surface area contributed by atoms with Crippen LogP contribution < -0.4 is 9.47 Å². The zero-order valence-electron chi connectivity index (χ0n) is 14.4. The Morgan fingerprint density at radius 1 is 0.846 bits per heavy atom. The van der Waals surface area contributed by atoms with Crippen LogP contribution in [-0.4, -0.2) is 28.9 Å². The number of rotatable bonds is 5. The van der Waals surface area contributed by atoms with Crippen molar-refractivity contribution in [2.45, 2.75) is 0 Å². The second-order valence-electron chi connectivity index (χ2n) is 5.66. The van der Waals surface area contributed by atoms with Gasteiger partial charge in [0, 0.05) is 35.3 Å². The molecule has 6 nitrogen and oxygen atoms in total. The first-order valence-electron chi connectivity index (χ1n) is 8.08. The van der Waals surface area contributed by atoms with Crippen LogP contribution in [0.3, 0.4) is 0 Å². The first-order chi connectivity index (χ1) is 12.8. The summed E-state index contributed by atoms with van der Waals surface area (Å²) in [4.78, 5) is 4.50. The molecule has 6 heteroatoms. The number of aromatic nitrogens is 3. The third-order valence-electron chi connectivity index (χ3n) is 4.05. The van der Waals surface area contributed by atoms with Gasteiger partial charge < -0.3 is 18.6 Å². The summed E-state index contributed by atoms with van der Waals surface area (Å²) < 4.78 is 18.0. The van der Waals surface area contributed by atoms with Crippen molar-refractivity contribution in [3.8, 4) is 40.0 Å². The minimum Gasteiger partial charge on any atom is -0.497 e. The Kier molecular flexibility index (Phi) is 4.15. The fraction of sp³-hybridized carbons (Fsp3) is 0.100. The van der Waals surface area contributed by atoms with E-state index in [1.165, 1.54) is 0 Å². The topological polar surface area (TPSA) is 62.3 Å². The zero-order chi connectivity index (χ0) is 17.9. The fourth-order valence-electron chi connectivity index (χ4n) is 2.68. The molecule has 2 aromatic carbocycles. The largest absolute Gasteiger partial charge is 0.497 e. The van der Waals surface area contributed by atoms with Gasteiger partial charge in [0.05, 0.1) is 14.2 Å². The Balaban J connectivity index is 1.64. The number of methoxy groups -OCH3 is 2. The number of benzene rings is 2. The lowest BCUT2D eigenvalue weighted by molar-refractivity contribution is 0.393. The van der Waals surface area contributed by atoms with E-state index in [2.05, 4.69) is 10.1 Å². The normalized spacial score (nSPS) is 10.7. The van der Waals surface area contributed by atoms with Gasteiger partial charge in [-0.3, -0.25) is 0 Å². The van der Waals surface area contributed by atoms with Crippen LogP contribution >= 0.6 is 0 Å². The van der Waals surface area contributed by atoms with E-state index in [1.807, 2.05) is 65.5 Å². The molecule has 0 radical (unpaired) electrons. The van der Waals surface area contributed by atoms with Gasteiger partial charge in [-0.25, -0.2) is 0 Å². The summed E-state index contributed by atoms with van der Waals surface area (Å²) in [5, 5.41) is 4.09. The van der Waals surface area contributed by atoms with Gasteiger partial charge in [-0.1, -0.05) is 5.16 Å². The molecule has 4 rings (SSSR count). The van der Waals surface area contributed by atoms with Crippen LogP contribution in [0.25, 0.3) is 28.5 Å². The molecule has 0 spiro atoms. The van der Waals surface area contributed by atoms with Crippen LogP contribution in [0.2, 0.25) is 0 Å². The summed E-state index contributed by atoms with van der Waals surface area (Å²) in [5.74, 6) is 2.26. The molecule has 26 heavy (non-hydrogen) atoms. The van der Waals surface area contributed by atoms with E-state index in [-0.39, 0.29) is 0 Å². The minimum absolute atomic E-state index is 0.409. The van der Waals surface area contributed by atoms with Crippen LogP contribution in [-0.2, 0) is 0 Å². The average molecular weight is 347 g/mol. The third-order valence-corrected chi connectivity index (χ3v) is 4.05. The molecular weight excluding hydrogens is 330 g/mol. The lowest BCUT2D eigenvalue weighted by Gasteiger charge is -2.05. The molecule has 0 aliphatic carbocycles. The molecular formula is C20H17N3O3. The molecule has 0 bridgehead atoms. The molecule has 0 saturated carbocycles. The second kappa shape index (κ2) is 6.76. The molecule has 130 valence electrons. The molecule has 0 fully saturated rings. The van der Waals surface area contributed by atoms with Gasteiger partial charge in [0.2, 0.25) is 5.82 Å². The van der Waals surface area contributed by atoms with E-state index >= 15 is 0 Å². The smallest absolute Gasteiger partial charge is 0.258 e. The van der Waals surface area contributed by atoms with Crippen molar-refractivity contribution < 1.29 is 14.0 Å². The first kappa shape index (κ1) is 16.0. The average Bonchev–Trinajstić information content (AvgIpc) is 3.40. The highest BCUT2D eigenvalue weighted by Gasteiger charge is 2.13. The van der Waals surface area contributed by atoms with Crippen molar-refractivity contribution in [2.24, 2.45) is 0 Å². The van der Waals surface area contributed by atoms with E-state index in [0.717, 1.165) is 16.8 Å². The quantitative estimate of drug-likeness (QED) is 0.541. The lowest BCUT2D eigenvalue weighted by Crippen LogP contribution is -1.90. The Bertz CT molecular complexity index is 983. The lowest BCUT2D eigenvalue weighted by atomic mass is 10.2. The van der Waals surface area contributed by atoms with Gasteiger partial charge in [-0.05, 0) is 48.5 Å². The fourth-order valence-corrected chi connectivity index (χ4v) is 2.68. The molecule has 4 aromatic rings. The number of hydrogen-bond donors (Lipinski definition) is 0. The SMILES string of the molecule is COc1cc(OC)cc(-c2nc(-c3ccc(-n4cccc4)cc3)no2)c1. The van der Waals surface area contributed by atoms with Gasteiger partial charge >= 0.3 is 0 Å². The van der Waals surface area contributed by atoms with E-state index in [4.69, 9.17) is 14.0 Å². The molecule has 0 atom stereocenters. The third kappa shape index (κ3) is 3.04. The number of nitrogens with zero attached hydrogens (tertiary/aromatic N) is 3. The van der Waals surface area contributed by atoms with Crippen molar-refractivity contribution in [3.05, 3.63) is 67.0 Å². The predicted molar refractivity (Wildman–Crippen MR) is 97.6 cm³/mol. The maximum Gasteiger partial charge on any atom is 0.258 e. The van der Waals surface area contributed by atoms with Crippen molar-refractivity contribution in [2.75, 3.05) is 14.2 Å². The van der Waals surface area contributed by atoms with Gasteiger partial charge in [-0.15, -0.1) is 0 Å². The van der Waals surface area contributed by atoms with Crippen molar-refractivity contribution >= 4 is 0 Å². The molecule has 0 N–H and O–H groups in total. The van der Waals surface area contributed by atoms with E-state index in [1.54, 1.807) is 20.3 Å². The number of hydrogen-bond acceptors (Lipinski definition) is 5. The summed E-state index contributed by atoms with van der Waals surface area (Å²) in [7, 11) is 3.20. The molecule has 0 saturated heterocycles. The summed E-state index contributed by atoms with van der Waals surface area (Å²) >= 11 is 0. The molecule has 0 aliphatic rings. The first-order valence-corrected chi connectivity index (χ1v) is 8.08. The molecule has 0 unspecified atom stereocenters. The van der Waals surface area contributed by atoms with Crippen LogP contribution in [0, 0.1) is 0 Å². The highest BCUT2D eigenvalue weighted by molar-refractivity contribution is 5.63. The Hall–Kier alpha value is -3.54. The highest BCUT2D eigenvalue weighted by Crippen LogP contribution is 2.30.